The van der Waals surface area contributed by atoms with Gasteiger partial charge in [0.2, 0.25) is 5.88 Å². The SMILES string of the molecule is Cc1ccc(Oc2ccc(CNC(C)(C)C)c(C)n2)cc1. The van der Waals surface area contributed by atoms with E-state index in [-0.39, 0.29) is 5.54 Å². The maximum Gasteiger partial charge on any atom is 0.219 e. The van der Waals surface area contributed by atoms with Crippen molar-refractivity contribution in [1.82, 2.24) is 10.3 Å². The van der Waals surface area contributed by atoms with E-state index in [1.165, 1.54) is 11.1 Å². The Balaban J connectivity index is 2.06. The standard InChI is InChI=1S/C18H24N2O/c1-13-6-9-16(10-7-13)21-17-11-8-15(14(2)20-17)12-19-18(3,4)5/h6-11,19H,12H2,1-5H3. The highest BCUT2D eigenvalue weighted by Gasteiger charge is 2.10. The Morgan fingerprint density at radius 1 is 1.00 bits per heavy atom. The molecule has 0 fully saturated rings. The predicted molar refractivity (Wildman–Crippen MR) is 86.8 cm³/mol. The van der Waals surface area contributed by atoms with Gasteiger partial charge in [-0.1, -0.05) is 23.8 Å². The number of nitrogens with one attached hydrogen (secondary N) is 1. The molecule has 0 atom stereocenters. The summed E-state index contributed by atoms with van der Waals surface area (Å²) in [4.78, 5) is 4.53. The van der Waals surface area contributed by atoms with Crippen LogP contribution in [0.25, 0.3) is 0 Å². The van der Waals surface area contributed by atoms with Crippen molar-refractivity contribution < 1.29 is 4.74 Å². The minimum atomic E-state index is 0.101. The molecule has 21 heavy (non-hydrogen) atoms. The van der Waals surface area contributed by atoms with Crippen molar-refractivity contribution in [2.24, 2.45) is 0 Å². The van der Waals surface area contributed by atoms with Crippen molar-refractivity contribution in [2.75, 3.05) is 0 Å². The van der Waals surface area contributed by atoms with Gasteiger partial charge in [0, 0.05) is 23.8 Å². The van der Waals surface area contributed by atoms with Crippen LogP contribution in [0.3, 0.4) is 0 Å². The zero-order valence-corrected chi connectivity index (χ0v) is 13.5. The second-order valence-corrected chi connectivity index (χ2v) is 6.41. The quantitative estimate of drug-likeness (QED) is 0.904. The third-order valence-corrected chi connectivity index (χ3v) is 3.22. The monoisotopic (exact) mass is 284 g/mol. The molecular weight excluding hydrogens is 260 g/mol. The Kier molecular flexibility index (Phi) is 4.63. The molecule has 112 valence electrons. The lowest BCUT2D eigenvalue weighted by Gasteiger charge is -2.21. The van der Waals surface area contributed by atoms with Crippen LogP contribution in [-0.2, 0) is 6.54 Å². The largest absolute Gasteiger partial charge is 0.439 e. The van der Waals surface area contributed by atoms with Gasteiger partial charge in [-0.3, -0.25) is 0 Å². The Hall–Kier alpha value is -1.87. The van der Waals surface area contributed by atoms with E-state index in [1.807, 2.05) is 37.3 Å². The maximum absolute atomic E-state index is 5.78. The van der Waals surface area contributed by atoms with Crippen molar-refractivity contribution in [2.45, 2.75) is 46.7 Å². The number of ether oxygens (including phenoxy) is 1. The van der Waals surface area contributed by atoms with E-state index < -0.39 is 0 Å². The summed E-state index contributed by atoms with van der Waals surface area (Å²) in [6.07, 6.45) is 0. The minimum absolute atomic E-state index is 0.101. The molecule has 1 aromatic heterocycles. The van der Waals surface area contributed by atoms with Crippen LogP contribution in [0, 0.1) is 13.8 Å². The van der Waals surface area contributed by atoms with Crippen LogP contribution in [0.15, 0.2) is 36.4 Å². The summed E-state index contributed by atoms with van der Waals surface area (Å²) in [6.45, 7) is 11.4. The Labute approximate surface area is 127 Å². The van der Waals surface area contributed by atoms with E-state index in [9.17, 15) is 0 Å². The number of pyridine rings is 1. The number of hydrogen-bond acceptors (Lipinski definition) is 3. The molecule has 2 rings (SSSR count). The molecule has 0 saturated heterocycles. The highest BCUT2D eigenvalue weighted by molar-refractivity contribution is 5.32. The molecule has 3 heteroatoms. The van der Waals surface area contributed by atoms with Gasteiger partial charge in [0.15, 0.2) is 0 Å². The molecule has 0 spiro atoms. The summed E-state index contributed by atoms with van der Waals surface area (Å²) in [6, 6.07) is 12.0. The van der Waals surface area contributed by atoms with Crippen LogP contribution < -0.4 is 10.1 Å². The lowest BCUT2D eigenvalue weighted by molar-refractivity contribution is 0.422. The molecule has 0 radical (unpaired) electrons. The van der Waals surface area contributed by atoms with E-state index >= 15 is 0 Å². The first-order chi connectivity index (χ1) is 9.83. The van der Waals surface area contributed by atoms with E-state index in [0.29, 0.717) is 5.88 Å². The van der Waals surface area contributed by atoms with Crippen LogP contribution in [-0.4, -0.2) is 10.5 Å². The van der Waals surface area contributed by atoms with Gasteiger partial charge in [0.25, 0.3) is 0 Å². The number of hydrogen-bond donors (Lipinski definition) is 1. The van der Waals surface area contributed by atoms with Crippen LogP contribution in [0.4, 0.5) is 0 Å². The van der Waals surface area contributed by atoms with Gasteiger partial charge in [-0.25, -0.2) is 4.98 Å². The molecule has 1 N–H and O–H groups in total. The molecule has 0 saturated carbocycles. The summed E-state index contributed by atoms with van der Waals surface area (Å²) in [7, 11) is 0. The minimum Gasteiger partial charge on any atom is -0.439 e. The normalized spacial score (nSPS) is 11.5. The summed E-state index contributed by atoms with van der Waals surface area (Å²) in [5.74, 6) is 1.45. The number of aromatic nitrogens is 1. The van der Waals surface area contributed by atoms with Crippen LogP contribution in [0.1, 0.15) is 37.6 Å². The third kappa shape index (κ3) is 4.87. The molecule has 0 aliphatic rings. The van der Waals surface area contributed by atoms with Crippen LogP contribution in [0.5, 0.6) is 11.6 Å². The van der Waals surface area contributed by atoms with Crippen molar-refractivity contribution in [1.29, 1.82) is 0 Å². The number of rotatable bonds is 4. The van der Waals surface area contributed by atoms with Crippen LogP contribution in [0.2, 0.25) is 0 Å². The van der Waals surface area contributed by atoms with Crippen molar-refractivity contribution in [3.8, 4) is 11.6 Å². The van der Waals surface area contributed by atoms with Gasteiger partial charge >= 0.3 is 0 Å². The van der Waals surface area contributed by atoms with Gasteiger partial charge < -0.3 is 10.1 Å². The lowest BCUT2D eigenvalue weighted by Crippen LogP contribution is -2.35. The van der Waals surface area contributed by atoms with Crippen molar-refractivity contribution >= 4 is 0 Å². The molecule has 2 aromatic rings. The van der Waals surface area contributed by atoms with Gasteiger partial charge in [0.1, 0.15) is 5.75 Å². The van der Waals surface area contributed by atoms with Gasteiger partial charge in [-0.2, -0.15) is 0 Å². The second-order valence-electron chi connectivity index (χ2n) is 6.41. The third-order valence-electron chi connectivity index (χ3n) is 3.22. The van der Waals surface area contributed by atoms with E-state index in [1.54, 1.807) is 0 Å². The molecule has 0 unspecified atom stereocenters. The van der Waals surface area contributed by atoms with Crippen LogP contribution >= 0.6 is 0 Å². The summed E-state index contributed by atoms with van der Waals surface area (Å²) in [5.41, 5.74) is 3.51. The average Bonchev–Trinajstić information content (AvgIpc) is 2.39. The topological polar surface area (TPSA) is 34.1 Å². The van der Waals surface area contributed by atoms with Gasteiger partial charge in [-0.15, -0.1) is 0 Å². The smallest absolute Gasteiger partial charge is 0.219 e. The molecule has 3 nitrogen and oxygen atoms in total. The fraction of sp³-hybridized carbons (Fsp3) is 0.389. The van der Waals surface area contributed by atoms with Crippen molar-refractivity contribution in [3.05, 3.63) is 53.2 Å². The molecule has 1 aromatic carbocycles. The maximum atomic E-state index is 5.78. The summed E-state index contributed by atoms with van der Waals surface area (Å²) < 4.78 is 5.78. The number of aryl methyl sites for hydroxylation is 2. The average molecular weight is 284 g/mol. The fourth-order valence-corrected chi connectivity index (χ4v) is 1.90. The fourth-order valence-electron chi connectivity index (χ4n) is 1.90. The zero-order valence-electron chi connectivity index (χ0n) is 13.5. The zero-order chi connectivity index (χ0) is 15.5. The highest BCUT2D eigenvalue weighted by Crippen LogP contribution is 2.21. The molecule has 0 amide bonds. The Bertz CT molecular complexity index is 598. The second kappa shape index (κ2) is 6.27. The lowest BCUT2D eigenvalue weighted by atomic mass is 10.1. The van der Waals surface area contributed by atoms with E-state index in [0.717, 1.165) is 18.0 Å². The van der Waals surface area contributed by atoms with E-state index in [4.69, 9.17) is 4.74 Å². The summed E-state index contributed by atoms with van der Waals surface area (Å²) >= 11 is 0. The molecule has 0 aliphatic carbocycles. The summed E-state index contributed by atoms with van der Waals surface area (Å²) in [5, 5.41) is 3.47. The molecule has 1 heterocycles. The highest BCUT2D eigenvalue weighted by atomic mass is 16.5. The first kappa shape index (κ1) is 15.5. The van der Waals surface area contributed by atoms with Gasteiger partial charge in [0.05, 0.1) is 0 Å². The molecule has 0 aliphatic heterocycles. The molecule has 0 bridgehead atoms. The van der Waals surface area contributed by atoms with Gasteiger partial charge in [-0.05, 0) is 52.3 Å². The van der Waals surface area contributed by atoms with E-state index in [2.05, 4.69) is 44.1 Å². The first-order valence-corrected chi connectivity index (χ1v) is 7.29. The Morgan fingerprint density at radius 2 is 1.67 bits per heavy atom. The predicted octanol–water partition coefficient (Wildman–Crippen LogP) is 4.38. The first-order valence-electron chi connectivity index (χ1n) is 7.29. The van der Waals surface area contributed by atoms with Crippen molar-refractivity contribution in [3.63, 3.8) is 0 Å². The number of benzene rings is 1. The Morgan fingerprint density at radius 3 is 2.24 bits per heavy atom. The number of nitrogens with zero attached hydrogens (tertiary/aromatic N) is 1. The molecular formula is C18H24N2O.